The molecule has 144 valence electrons. The molecule has 6 nitrogen and oxygen atoms in total. The number of hydrogen-bond donors (Lipinski definition) is 1. The first-order chi connectivity index (χ1) is 13.5. The van der Waals surface area contributed by atoms with Crippen molar-refractivity contribution in [1.29, 1.82) is 0 Å². The van der Waals surface area contributed by atoms with Gasteiger partial charge in [-0.15, -0.1) is 0 Å². The van der Waals surface area contributed by atoms with Crippen LogP contribution in [0.1, 0.15) is 41.5 Å². The van der Waals surface area contributed by atoms with Crippen LogP contribution in [0.4, 0.5) is 10.5 Å². The largest absolute Gasteiger partial charge is 0.337 e. The molecule has 1 atom stereocenters. The molecule has 1 aliphatic heterocycles. The van der Waals surface area contributed by atoms with Gasteiger partial charge in [0.15, 0.2) is 0 Å². The number of urea groups is 1. The molecule has 0 radical (unpaired) electrons. The lowest BCUT2D eigenvalue weighted by Gasteiger charge is -2.22. The maximum absolute atomic E-state index is 12.9. The van der Waals surface area contributed by atoms with Crippen LogP contribution in [0.5, 0.6) is 0 Å². The van der Waals surface area contributed by atoms with Gasteiger partial charge in [0.25, 0.3) is 0 Å². The molecule has 1 N–H and O–H groups in total. The van der Waals surface area contributed by atoms with Crippen molar-refractivity contribution >= 4 is 11.7 Å². The Balaban J connectivity index is 1.52. The van der Waals surface area contributed by atoms with E-state index in [1.807, 2.05) is 57.2 Å². The van der Waals surface area contributed by atoms with E-state index in [4.69, 9.17) is 4.52 Å². The van der Waals surface area contributed by atoms with Crippen LogP contribution in [0, 0.1) is 20.8 Å². The molecule has 2 heterocycles. The summed E-state index contributed by atoms with van der Waals surface area (Å²) < 4.78 is 5.52. The summed E-state index contributed by atoms with van der Waals surface area (Å²) in [4.78, 5) is 19.2. The summed E-state index contributed by atoms with van der Waals surface area (Å²) >= 11 is 0. The topological polar surface area (TPSA) is 71.3 Å². The van der Waals surface area contributed by atoms with Crippen LogP contribution in [0.25, 0.3) is 11.4 Å². The average Bonchev–Trinajstić information content (AvgIpc) is 3.33. The number of anilines is 1. The highest BCUT2D eigenvalue weighted by molar-refractivity contribution is 5.90. The number of likely N-dealkylation sites (tertiary alicyclic amines) is 1. The molecule has 1 aromatic heterocycles. The van der Waals surface area contributed by atoms with Crippen LogP contribution in [-0.4, -0.2) is 27.6 Å². The SMILES string of the molecule is Cc1ccc(-c2noc([C@@H]3CCCN3C(=O)Nc3ccc(C)cc3C)n2)cc1. The first-order valence-electron chi connectivity index (χ1n) is 9.57. The summed E-state index contributed by atoms with van der Waals surface area (Å²) in [5.41, 5.74) is 5.13. The number of aryl methyl sites for hydroxylation is 3. The highest BCUT2D eigenvalue weighted by atomic mass is 16.5. The van der Waals surface area contributed by atoms with Gasteiger partial charge in [0.05, 0.1) is 0 Å². The Hall–Kier alpha value is -3.15. The first-order valence-corrected chi connectivity index (χ1v) is 9.57. The van der Waals surface area contributed by atoms with Crippen molar-refractivity contribution in [3.05, 3.63) is 65.0 Å². The summed E-state index contributed by atoms with van der Waals surface area (Å²) in [5.74, 6) is 1.04. The molecule has 2 amide bonds. The van der Waals surface area contributed by atoms with Crippen molar-refractivity contribution in [3.8, 4) is 11.4 Å². The molecule has 6 heteroatoms. The Labute approximate surface area is 164 Å². The molecule has 1 aliphatic rings. The fourth-order valence-electron chi connectivity index (χ4n) is 3.60. The highest BCUT2D eigenvalue weighted by Gasteiger charge is 2.34. The molecule has 4 rings (SSSR count). The van der Waals surface area contributed by atoms with E-state index in [9.17, 15) is 4.79 Å². The summed E-state index contributed by atoms with van der Waals surface area (Å²) in [6.45, 7) is 6.74. The minimum absolute atomic E-state index is 0.135. The number of hydrogen-bond acceptors (Lipinski definition) is 4. The maximum Gasteiger partial charge on any atom is 0.322 e. The van der Waals surface area contributed by atoms with Gasteiger partial charge in [-0.05, 0) is 45.2 Å². The summed E-state index contributed by atoms with van der Waals surface area (Å²) in [7, 11) is 0. The van der Waals surface area contributed by atoms with Gasteiger partial charge in [0, 0.05) is 17.8 Å². The van der Waals surface area contributed by atoms with Crippen molar-refractivity contribution in [3.63, 3.8) is 0 Å². The van der Waals surface area contributed by atoms with Gasteiger partial charge in [-0.25, -0.2) is 4.79 Å². The normalized spacial score (nSPS) is 16.4. The van der Waals surface area contributed by atoms with E-state index in [1.165, 1.54) is 11.1 Å². The van der Waals surface area contributed by atoms with Crippen molar-refractivity contribution in [1.82, 2.24) is 15.0 Å². The van der Waals surface area contributed by atoms with Crippen LogP contribution in [0.3, 0.4) is 0 Å². The monoisotopic (exact) mass is 376 g/mol. The number of nitrogens with zero attached hydrogens (tertiary/aromatic N) is 3. The fourth-order valence-corrected chi connectivity index (χ4v) is 3.60. The zero-order valence-electron chi connectivity index (χ0n) is 16.4. The molecule has 28 heavy (non-hydrogen) atoms. The maximum atomic E-state index is 12.9. The molecule has 1 fully saturated rings. The third kappa shape index (κ3) is 3.63. The molecule has 0 saturated carbocycles. The van der Waals surface area contributed by atoms with E-state index in [1.54, 1.807) is 4.90 Å². The molecule has 2 aromatic carbocycles. The van der Waals surface area contributed by atoms with E-state index < -0.39 is 0 Å². The summed E-state index contributed by atoms with van der Waals surface area (Å²) in [6, 6.07) is 13.7. The lowest BCUT2D eigenvalue weighted by atomic mass is 10.1. The van der Waals surface area contributed by atoms with E-state index in [-0.39, 0.29) is 12.1 Å². The fraction of sp³-hybridized carbons (Fsp3) is 0.318. The Morgan fingerprint density at radius 2 is 1.86 bits per heavy atom. The smallest absolute Gasteiger partial charge is 0.322 e. The summed E-state index contributed by atoms with van der Waals surface area (Å²) in [6.07, 6.45) is 1.73. The Kier molecular flexibility index (Phi) is 4.86. The van der Waals surface area contributed by atoms with Gasteiger partial charge in [-0.3, -0.25) is 0 Å². The number of amides is 2. The van der Waals surface area contributed by atoms with E-state index in [0.717, 1.165) is 29.7 Å². The minimum Gasteiger partial charge on any atom is -0.337 e. The van der Waals surface area contributed by atoms with Crippen molar-refractivity contribution in [2.45, 2.75) is 39.7 Å². The second-order valence-electron chi connectivity index (χ2n) is 7.42. The molecule has 0 spiro atoms. The number of nitrogens with one attached hydrogen (secondary N) is 1. The van der Waals surface area contributed by atoms with Gasteiger partial charge in [-0.1, -0.05) is 52.7 Å². The van der Waals surface area contributed by atoms with Gasteiger partial charge < -0.3 is 14.7 Å². The van der Waals surface area contributed by atoms with E-state index >= 15 is 0 Å². The zero-order chi connectivity index (χ0) is 19.7. The Bertz CT molecular complexity index is 994. The second kappa shape index (κ2) is 7.46. The molecule has 0 unspecified atom stereocenters. The van der Waals surface area contributed by atoms with Crippen LogP contribution >= 0.6 is 0 Å². The number of aromatic nitrogens is 2. The van der Waals surface area contributed by atoms with Gasteiger partial charge >= 0.3 is 6.03 Å². The Morgan fingerprint density at radius 1 is 1.11 bits per heavy atom. The number of benzene rings is 2. The lowest BCUT2D eigenvalue weighted by Crippen LogP contribution is -2.34. The molecular formula is C22H24N4O2. The van der Waals surface area contributed by atoms with Gasteiger partial charge in [0.2, 0.25) is 11.7 Å². The number of carbonyl (C=O) groups excluding carboxylic acids is 1. The predicted molar refractivity (Wildman–Crippen MR) is 108 cm³/mol. The van der Waals surface area contributed by atoms with Gasteiger partial charge in [0.1, 0.15) is 6.04 Å². The van der Waals surface area contributed by atoms with Crippen LogP contribution < -0.4 is 5.32 Å². The van der Waals surface area contributed by atoms with Crippen LogP contribution in [0.15, 0.2) is 47.0 Å². The zero-order valence-corrected chi connectivity index (χ0v) is 16.4. The molecule has 0 bridgehead atoms. The van der Waals surface area contributed by atoms with Crippen LogP contribution in [0.2, 0.25) is 0 Å². The standard InChI is InChI=1S/C22H24N4O2/c1-14-6-9-17(10-7-14)20-24-21(28-25-20)19-5-4-12-26(19)22(27)23-18-11-8-15(2)13-16(18)3/h6-11,13,19H,4-5,12H2,1-3H3,(H,23,27)/t19-/m0/s1. The van der Waals surface area contributed by atoms with E-state index in [2.05, 4.69) is 21.5 Å². The molecule has 0 aliphatic carbocycles. The second-order valence-corrected chi connectivity index (χ2v) is 7.42. The van der Waals surface area contributed by atoms with E-state index in [0.29, 0.717) is 18.3 Å². The quantitative estimate of drug-likeness (QED) is 0.696. The number of rotatable bonds is 3. The van der Waals surface area contributed by atoms with Crippen molar-refractivity contribution < 1.29 is 9.32 Å². The molecular weight excluding hydrogens is 352 g/mol. The van der Waals surface area contributed by atoms with Crippen LogP contribution in [-0.2, 0) is 0 Å². The molecule has 1 saturated heterocycles. The minimum atomic E-state index is -0.197. The lowest BCUT2D eigenvalue weighted by molar-refractivity contribution is 0.193. The van der Waals surface area contributed by atoms with Crippen molar-refractivity contribution in [2.24, 2.45) is 0 Å². The summed E-state index contributed by atoms with van der Waals surface area (Å²) in [5, 5.41) is 7.14. The predicted octanol–water partition coefficient (Wildman–Crippen LogP) is 5.03. The van der Waals surface area contributed by atoms with Gasteiger partial charge in [-0.2, -0.15) is 4.98 Å². The average molecular weight is 376 g/mol. The first kappa shape index (κ1) is 18.2. The van der Waals surface area contributed by atoms with Crippen molar-refractivity contribution in [2.75, 3.05) is 11.9 Å². The third-order valence-electron chi connectivity index (χ3n) is 5.17. The third-order valence-corrected chi connectivity index (χ3v) is 5.17. The Morgan fingerprint density at radius 3 is 2.61 bits per heavy atom. The highest BCUT2D eigenvalue weighted by Crippen LogP contribution is 2.32. The molecule has 3 aromatic rings. The number of carbonyl (C=O) groups is 1.